The fraction of sp³-hybridized carbons (Fsp3) is 0.317. The summed E-state index contributed by atoms with van der Waals surface area (Å²) in [6.45, 7) is 26.4. The molecule has 218 valence electrons. The number of hydrogen-bond donors (Lipinski definition) is 0. The second-order valence-electron chi connectivity index (χ2n) is 8.87. The molecule has 41 heavy (non-hydrogen) atoms. The molecule has 0 spiro atoms. The maximum atomic E-state index is 4.28. The lowest BCUT2D eigenvalue weighted by Gasteiger charge is -2.46. The van der Waals surface area contributed by atoms with Crippen LogP contribution < -0.4 is 0 Å². The molecule has 0 nitrogen and oxygen atoms in total. The van der Waals surface area contributed by atoms with Crippen molar-refractivity contribution >= 4 is 22.9 Å². The van der Waals surface area contributed by atoms with Crippen molar-refractivity contribution in [1.82, 2.24) is 0 Å². The Kier molecular flexibility index (Phi) is 16.1. The van der Waals surface area contributed by atoms with Gasteiger partial charge in [0.15, 0.2) is 0 Å². The van der Waals surface area contributed by atoms with Gasteiger partial charge in [0.25, 0.3) is 0 Å². The Morgan fingerprint density at radius 3 is 1.95 bits per heavy atom. The topological polar surface area (TPSA) is 0 Å². The van der Waals surface area contributed by atoms with E-state index in [0.717, 1.165) is 12.0 Å². The van der Waals surface area contributed by atoms with E-state index < -0.39 is 0 Å². The predicted octanol–water partition coefficient (Wildman–Crippen LogP) is 13.0. The van der Waals surface area contributed by atoms with E-state index in [2.05, 4.69) is 117 Å². The molecule has 0 unspecified atom stereocenters. The van der Waals surface area contributed by atoms with Gasteiger partial charge in [0.1, 0.15) is 0 Å². The first-order valence-corrected chi connectivity index (χ1v) is 15.9. The van der Waals surface area contributed by atoms with Crippen molar-refractivity contribution in [2.75, 3.05) is 0 Å². The first kappa shape index (κ1) is 35.4. The van der Waals surface area contributed by atoms with Crippen molar-refractivity contribution in [3.63, 3.8) is 0 Å². The van der Waals surface area contributed by atoms with Crippen molar-refractivity contribution in [2.45, 2.75) is 87.0 Å². The van der Waals surface area contributed by atoms with Gasteiger partial charge in [0.2, 0.25) is 0 Å². The predicted molar refractivity (Wildman–Crippen MR) is 190 cm³/mol. The third-order valence-corrected chi connectivity index (χ3v) is 7.10. The van der Waals surface area contributed by atoms with Crippen molar-refractivity contribution in [2.24, 2.45) is 0 Å². The van der Waals surface area contributed by atoms with Crippen LogP contribution >= 0.6 is 0 Å². The van der Waals surface area contributed by atoms with Crippen LogP contribution in [0.1, 0.15) is 109 Å². The summed E-state index contributed by atoms with van der Waals surface area (Å²) in [6, 6.07) is 20.2. The monoisotopic (exact) mass is 546 g/mol. The quantitative estimate of drug-likeness (QED) is 0.270. The molecule has 3 aromatic carbocycles. The average molecular weight is 547 g/mol. The second-order valence-corrected chi connectivity index (χ2v) is 8.87. The molecule has 0 aromatic heterocycles. The van der Waals surface area contributed by atoms with Gasteiger partial charge >= 0.3 is 0 Å². The van der Waals surface area contributed by atoms with Gasteiger partial charge in [-0.3, -0.25) is 0 Å². The van der Waals surface area contributed by atoms with E-state index in [-0.39, 0.29) is 5.41 Å². The standard InChI is InChI=1S/C33H30.4C2H6/c1-4-12-27-23-29(22-20-25(27)5-2)33(28(6-3)21-19-24-13-8-7-9-14-24)30-17-10-15-26-16-11-18-31(33)32(26)30;4*1-2/h4-6,8,10-13,15-23H,2-3,7,9,14H2,1H3;4*1-2H3/b12-4-,24-19-,28-21+;;;;. The average Bonchev–Trinajstić information content (AvgIpc) is 3.07. The maximum absolute atomic E-state index is 4.28. The Morgan fingerprint density at radius 1 is 0.805 bits per heavy atom. The molecule has 0 saturated carbocycles. The molecule has 0 aliphatic heterocycles. The lowest BCUT2D eigenvalue weighted by molar-refractivity contribution is 0.721. The summed E-state index contributed by atoms with van der Waals surface area (Å²) < 4.78 is 0. The summed E-state index contributed by atoms with van der Waals surface area (Å²) in [6.07, 6.45) is 20.9. The Morgan fingerprint density at radius 2 is 1.44 bits per heavy atom. The van der Waals surface area contributed by atoms with E-state index >= 15 is 0 Å². The lowest BCUT2D eigenvalue weighted by Crippen LogP contribution is -2.38. The molecule has 0 atom stereocenters. The van der Waals surface area contributed by atoms with E-state index in [0.29, 0.717) is 0 Å². The van der Waals surface area contributed by atoms with E-state index in [9.17, 15) is 0 Å². The lowest BCUT2D eigenvalue weighted by atomic mass is 9.55. The Bertz CT molecular complexity index is 1330. The molecule has 0 heteroatoms. The van der Waals surface area contributed by atoms with Crippen LogP contribution in [0, 0.1) is 0 Å². The fourth-order valence-corrected chi connectivity index (χ4v) is 5.58. The van der Waals surface area contributed by atoms with Gasteiger partial charge in [-0.05, 0) is 82.0 Å². The Labute approximate surface area is 252 Å². The summed E-state index contributed by atoms with van der Waals surface area (Å²) in [7, 11) is 0. The molecule has 0 heterocycles. The van der Waals surface area contributed by atoms with Gasteiger partial charge < -0.3 is 0 Å². The molecule has 0 radical (unpaired) electrons. The van der Waals surface area contributed by atoms with Crippen LogP contribution in [0.2, 0.25) is 0 Å². The molecular formula is C41H54. The molecule has 2 aliphatic carbocycles. The summed E-state index contributed by atoms with van der Waals surface area (Å²) in [4.78, 5) is 0. The Balaban J connectivity index is 0.000000969. The fourth-order valence-electron chi connectivity index (χ4n) is 5.58. The normalized spacial score (nSPS) is 15.0. The number of rotatable bonds is 6. The highest BCUT2D eigenvalue weighted by molar-refractivity contribution is 6.01. The first-order chi connectivity index (χ1) is 20.2. The maximum Gasteiger partial charge on any atom is 0.0713 e. The number of hydrogen-bond acceptors (Lipinski definition) is 0. The zero-order valence-corrected chi connectivity index (χ0v) is 27.4. The van der Waals surface area contributed by atoms with Gasteiger partial charge in [-0.1, -0.05) is 166 Å². The minimum absolute atomic E-state index is 0.330. The highest BCUT2D eigenvalue weighted by Gasteiger charge is 2.48. The van der Waals surface area contributed by atoms with Crippen LogP contribution in [0.5, 0.6) is 0 Å². The van der Waals surface area contributed by atoms with Gasteiger partial charge in [-0.25, -0.2) is 0 Å². The molecule has 0 fully saturated rings. The highest BCUT2D eigenvalue weighted by Crippen LogP contribution is 2.57. The smallest absolute Gasteiger partial charge is 0.0713 e. The van der Waals surface area contributed by atoms with Gasteiger partial charge in [-0.2, -0.15) is 0 Å². The van der Waals surface area contributed by atoms with Gasteiger partial charge in [-0.15, -0.1) is 0 Å². The third-order valence-electron chi connectivity index (χ3n) is 7.10. The largest absolute Gasteiger partial charge is 0.0987 e. The molecule has 3 aromatic rings. The summed E-state index contributed by atoms with van der Waals surface area (Å²) in [5, 5.41) is 2.67. The van der Waals surface area contributed by atoms with Crippen LogP contribution in [0.4, 0.5) is 0 Å². The van der Waals surface area contributed by atoms with Crippen LogP contribution in [-0.2, 0) is 5.41 Å². The van der Waals surface area contributed by atoms with Crippen LogP contribution in [-0.4, -0.2) is 0 Å². The molecule has 0 saturated heterocycles. The number of benzene rings is 3. The van der Waals surface area contributed by atoms with Crippen molar-refractivity contribution in [1.29, 1.82) is 0 Å². The second kappa shape index (κ2) is 18.7. The van der Waals surface area contributed by atoms with Crippen molar-refractivity contribution in [3.05, 3.63) is 143 Å². The minimum Gasteiger partial charge on any atom is -0.0987 e. The third kappa shape index (κ3) is 7.17. The number of allylic oxidation sites excluding steroid dienone is 8. The minimum atomic E-state index is -0.330. The molecule has 2 aliphatic rings. The summed E-state index contributed by atoms with van der Waals surface area (Å²) in [5.41, 5.74) is 8.61. The SMILES string of the molecule is C=C/C(=C\C=C1\C=CCCC1)C1(c2ccc(C=C)c(/C=C\C)c2)c2cccc3cccc1c23.CC.CC.CC.CC. The van der Waals surface area contributed by atoms with E-state index in [1.807, 2.05) is 61.5 Å². The van der Waals surface area contributed by atoms with Crippen molar-refractivity contribution < 1.29 is 0 Å². The van der Waals surface area contributed by atoms with Crippen molar-refractivity contribution in [3.8, 4) is 0 Å². The molecule has 0 amide bonds. The van der Waals surface area contributed by atoms with E-state index in [1.54, 1.807) is 0 Å². The van der Waals surface area contributed by atoms with E-state index in [4.69, 9.17) is 0 Å². The first-order valence-electron chi connectivity index (χ1n) is 15.9. The van der Waals surface area contributed by atoms with Crippen LogP contribution in [0.3, 0.4) is 0 Å². The van der Waals surface area contributed by atoms with E-state index in [1.165, 1.54) is 57.0 Å². The summed E-state index contributed by atoms with van der Waals surface area (Å²) >= 11 is 0. The zero-order valence-electron chi connectivity index (χ0n) is 27.4. The van der Waals surface area contributed by atoms with Gasteiger partial charge in [0.05, 0.1) is 5.41 Å². The highest BCUT2D eigenvalue weighted by atomic mass is 14.5. The molecule has 0 N–H and O–H groups in total. The molecular weight excluding hydrogens is 492 g/mol. The molecule has 5 rings (SSSR count). The molecule has 0 bridgehead atoms. The van der Waals surface area contributed by atoms with Crippen LogP contribution in [0.25, 0.3) is 22.9 Å². The zero-order chi connectivity index (χ0) is 30.8. The summed E-state index contributed by atoms with van der Waals surface area (Å²) in [5.74, 6) is 0. The van der Waals surface area contributed by atoms with Crippen LogP contribution in [0.15, 0.2) is 115 Å². The Hall–Kier alpha value is -3.64. The van der Waals surface area contributed by atoms with Gasteiger partial charge in [0, 0.05) is 0 Å².